The molecule has 4 nitrogen and oxygen atoms in total. The predicted molar refractivity (Wildman–Crippen MR) is 63.5 cm³/mol. The van der Waals surface area contributed by atoms with Crippen LogP contribution in [0, 0.1) is 0 Å². The zero-order valence-corrected chi connectivity index (χ0v) is 10.2. The molecule has 0 aromatic heterocycles. The molecule has 86 valence electrons. The minimum Gasteiger partial charge on any atom is -0.449 e. The van der Waals surface area contributed by atoms with Crippen LogP contribution < -0.4 is 4.90 Å². The van der Waals surface area contributed by atoms with Crippen molar-refractivity contribution in [2.75, 3.05) is 18.1 Å². The van der Waals surface area contributed by atoms with Crippen molar-refractivity contribution >= 4 is 27.7 Å². The van der Waals surface area contributed by atoms with Crippen molar-refractivity contribution in [3.05, 3.63) is 28.7 Å². The molecule has 0 bridgehead atoms. The normalized spacial score (nSPS) is 20.8. The second kappa shape index (κ2) is 4.84. The minimum absolute atomic E-state index is 0.0504. The average Bonchev–Trinajstić information content (AvgIpc) is 2.30. The summed E-state index contributed by atoms with van der Waals surface area (Å²) in [5.41, 5.74) is 0.743. The molecule has 1 atom stereocenters. The number of ether oxygens (including phenoxy) is 1. The number of rotatable bonds is 2. The Balaban J connectivity index is 2.28. The van der Waals surface area contributed by atoms with Gasteiger partial charge in [0.25, 0.3) is 0 Å². The molecule has 0 spiro atoms. The Bertz CT molecular complexity index is 379. The Hall–Kier alpha value is -1.07. The molecule has 1 aliphatic rings. The van der Waals surface area contributed by atoms with Crippen LogP contribution in [0.4, 0.5) is 10.5 Å². The standard InChI is InChI=1S/C11H12BrNO3/c12-8-1-3-9(4-2-8)13-10(7-14)5-6-16-11(13)15/h1-4,10,14H,5-7H2. The summed E-state index contributed by atoms with van der Waals surface area (Å²) >= 11 is 3.33. The van der Waals surface area contributed by atoms with Crippen molar-refractivity contribution in [1.29, 1.82) is 0 Å². The van der Waals surface area contributed by atoms with Crippen LogP contribution >= 0.6 is 15.9 Å². The van der Waals surface area contributed by atoms with E-state index in [1.807, 2.05) is 24.3 Å². The van der Waals surface area contributed by atoms with Crippen molar-refractivity contribution < 1.29 is 14.6 Å². The highest BCUT2D eigenvalue weighted by molar-refractivity contribution is 9.10. The quantitative estimate of drug-likeness (QED) is 0.906. The molecule has 1 aromatic rings. The Morgan fingerprint density at radius 1 is 1.44 bits per heavy atom. The SMILES string of the molecule is O=C1OCCC(CO)N1c1ccc(Br)cc1. The second-order valence-corrected chi connectivity index (χ2v) is 4.50. The molecule has 1 aromatic carbocycles. The molecule has 1 fully saturated rings. The number of cyclic esters (lactones) is 1. The van der Waals surface area contributed by atoms with E-state index in [1.165, 1.54) is 4.90 Å². The van der Waals surface area contributed by atoms with Crippen molar-refractivity contribution in [1.82, 2.24) is 0 Å². The van der Waals surface area contributed by atoms with E-state index in [-0.39, 0.29) is 12.6 Å². The van der Waals surface area contributed by atoms with E-state index in [0.29, 0.717) is 13.0 Å². The maximum Gasteiger partial charge on any atom is 0.414 e. The number of hydrogen-bond acceptors (Lipinski definition) is 3. The van der Waals surface area contributed by atoms with Crippen LogP contribution in [0.3, 0.4) is 0 Å². The van der Waals surface area contributed by atoms with Crippen LogP contribution in [0.1, 0.15) is 6.42 Å². The first-order chi connectivity index (χ1) is 7.72. The zero-order chi connectivity index (χ0) is 11.5. The molecule has 0 aliphatic carbocycles. The number of hydrogen-bond donors (Lipinski definition) is 1. The topological polar surface area (TPSA) is 49.8 Å². The number of carbonyl (C=O) groups is 1. The van der Waals surface area contributed by atoms with Crippen LogP contribution in [-0.4, -0.2) is 30.5 Å². The van der Waals surface area contributed by atoms with E-state index >= 15 is 0 Å². The molecule has 1 saturated heterocycles. The Morgan fingerprint density at radius 2 is 2.12 bits per heavy atom. The summed E-state index contributed by atoms with van der Waals surface area (Å²) in [5, 5.41) is 9.24. The lowest BCUT2D eigenvalue weighted by Gasteiger charge is -2.33. The highest BCUT2D eigenvalue weighted by atomic mass is 79.9. The Labute approximate surface area is 102 Å². The summed E-state index contributed by atoms with van der Waals surface area (Å²) in [6, 6.07) is 7.15. The van der Waals surface area contributed by atoms with Gasteiger partial charge in [0.2, 0.25) is 0 Å². The van der Waals surface area contributed by atoms with Crippen LogP contribution in [-0.2, 0) is 4.74 Å². The maximum absolute atomic E-state index is 11.6. The molecule has 2 rings (SSSR count). The number of anilines is 1. The minimum atomic E-state index is -0.396. The summed E-state index contributed by atoms with van der Waals surface area (Å²) in [6.45, 7) is 0.322. The Kier molecular flexibility index (Phi) is 3.46. The van der Waals surface area contributed by atoms with Gasteiger partial charge < -0.3 is 9.84 Å². The van der Waals surface area contributed by atoms with Gasteiger partial charge in [0.15, 0.2) is 0 Å². The van der Waals surface area contributed by atoms with Gasteiger partial charge in [-0.2, -0.15) is 0 Å². The molecule has 1 unspecified atom stereocenters. The number of aliphatic hydroxyl groups excluding tert-OH is 1. The van der Waals surface area contributed by atoms with E-state index in [4.69, 9.17) is 4.74 Å². The fourth-order valence-corrected chi connectivity index (χ4v) is 1.99. The molecule has 1 heterocycles. The third-order valence-corrected chi connectivity index (χ3v) is 3.08. The number of benzene rings is 1. The molecule has 0 radical (unpaired) electrons. The van der Waals surface area contributed by atoms with E-state index < -0.39 is 6.09 Å². The first-order valence-electron chi connectivity index (χ1n) is 5.05. The molecular weight excluding hydrogens is 274 g/mol. The first kappa shape index (κ1) is 11.4. The first-order valence-corrected chi connectivity index (χ1v) is 5.84. The van der Waals surface area contributed by atoms with Gasteiger partial charge in [0.1, 0.15) is 0 Å². The van der Waals surface area contributed by atoms with E-state index in [0.717, 1.165) is 10.2 Å². The fourth-order valence-electron chi connectivity index (χ4n) is 1.72. The fraction of sp³-hybridized carbons (Fsp3) is 0.364. The second-order valence-electron chi connectivity index (χ2n) is 3.59. The Morgan fingerprint density at radius 3 is 2.75 bits per heavy atom. The summed E-state index contributed by atoms with van der Waals surface area (Å²) < 4.78 is 5.92. The molecule has 1 amide bonds. The molecule has 1 aliphatic heterocycles. The molecule has 5 heteroatoms. The average molecular weight is 286 g/mol. The largest absolute Gasteiger partial charge is 0.449 e. The molecule has 16 heavy (non-hydrogen) atoms. The number of carbonyl (C=O) groups excluding carboxylic acids is 1. The molecule has 0 saturated carbocycles. The third-order valence-electron chi connectivity index (χ3n) is 2.55. The predicted octanol–water partition coefficient (Wildman–Crippen LogP) is 2.16. The maximum atomic E-state index is 11.6. The molecular formula is C11H12BrNO3. The smallest absolute Gasteiger partial charge is 0.414 e. The van der Waals surface area contributed by atoms with Gasteiger partial charge in [-0.25, -0.2) is 4.79 Å². The van der Waals surface area contributed by atoms with Gasteiger partial charge in [-0.15, -0.1) is 0 Å². The third kappa shape index (κ3) is 2.20. The molecule has 1 N–H and O–H groups in total. The summed E-state index contributed by atoms with van der Waals surface area (Å²) in [6.07, 6.45) is 0.255. The summed E-state index contributed by atoms with van der Waals surface area (Å²) in [7, 11) is 0. The van der Waals surface area contributed by atoms with Crippen molar-refractivity contribution in [2.45, 2.75) is 12.5 Å². The van der Waals surface area contributed by atoms with Gasteiger partial charge in [0.05, 0.1) is 19.3 Å². The summed E-state index contributed by atoms with van der Waals surface area (Å²) in [5.74, 6) is 0. The van der Waals surface area contributed by atoms with E-state index in [2.05, 4.69) is 15.9 Å². The lowest BCUT2D eigenvalue weighted by Crippen LogP contribution is -2.47. The highest BCUT2D eigenvalue weighted by Crippen LogP contribution is 2.24. The van der Waals surface area contributed by atoms with Crippen LogP contribution in [0.2, 0.25) is 0 Å². The van der Waals surface area contributed by atoms with Gasteiger partial charge in [-0.05, 0) is 24.3 Å². The van der Waals surface area contributed by atoms with Gasteiger partial charge in [0, 0.05) is 16.6 Å². The van der Waals surface area contributed by atoms with Gasteiger partial charge >= 0.3 is 6.09 Å². The summed E-state index contributed by atoms with van der Waals surface area (Å²) in [4.78, 5) is 13.1. The lowest BCUT2D eigenvalue weighted by atomic mass is 10.1. The monoisotopic (exact) mass is 285 g/mol. The van der Waals surface area contributed by atoms with Gasteiger partial charge in [-0.1, -0.05) is 15.9 Å². The number of halogens is 1. The van der Waals surface area contributed by atoms with Crippen molar-refractivity contribution in [3.8, 4) is 0 Å². The zero-order valence-electron chi connectivity index (χ0n) is 8.60. The van der Waals surface area contributed by atoms with Crippen LogP contribution in [0.25, 0.3) is 0 Å². The number of amides is 1. The van der Waals surface area contributed by atoms with Crippen molar-refractivity contribution in [3.63, 3.8) is 0 Å². The van der Waals surface area contributed by atoms with Crippen molar-refractivity contribution in [2.24, 2.45) is 0 Å². The van der Waals surface area contributed by atoms with E-state index in [1.54, 1.807) is 0 Å². The van der Waals surface area contributed by atoms with Crippen LogP contribution in [0.15, 0.2) is 28.7 Å². The number of nitrogens with zero attached hydrogens (tertiary/aromatic N) is 1. The highest BCUT2D eigenvalue weighted by Gasteiger charge is 2.30. The van der Waals surface area contributed by atoms with Gasteiger partial charge in [-0.3, -0.25) is 4.90 Å². The van der Waals surface area contributed by atoms with Crippen LogP contribution in [0.5, 0.6) is 0 Å². The lowest BCUT2D eigenvalue weighted by molar-refractivity contribution is 0.116. The number of aliphatic hydroxyl groups is 1. The van der Waals surface area contributed by atoms with E-state index in [9.17, 15) is 9.90 Å².